The molecule has 0 amide bonds. The maximum absolute atomic E-state index is 6.43. The van der Waals surface area contributed by atoms with Gasteiger partial charge >= 0.3 is 0 Å². The zero-order valence-electron chi connectivity index (χ0n) is 29.6. The number of hydrogen-bond donors (Lipinski definition) is 0. The van der Waals surface area contributed by atoms with Crippen molar-refractivity contribution in [1.82, 2.24) is 0 Å². The number of para-hydroxylation sites is 2. The van der Waals surface area contributed by atoms with Crippen molar-refractivity contribution in [3.63, 3.8) is 0 Å². The van der Waals surface area contributed by atoms with Gasteiger partial charge in [0.05, 0.1) is 16.8 Å². The lowest BCUT2D eigenvalue weighted by Crippen LogP contribution is -2.11. The average Bonchev–Trinajstić information content (AvgIpc) is 3.64. The van der Waals surface area contributed by atoms with Crippen molar-refractivity contribution in [2.24, 2.45) is 0 Å². The number of anilines is 3. The van der Waals surface area contributed by atoms with Gasteiger partial charge in [0.1, 0.15) is 11.2 Å². The van der Waals surface area contributed by atoms with Gasteiger partial charge in [0.15, 0.2) is 0 Å². The molecule has 254 valence electrons. The Morgan fingerprint density at radius 3 is 1.74 bits per heavy atom. The van der Waals surface area contributed by atoms with E-state index in [-0.39, 0.29) is 0 Å². The van der Waals surface area contributed by atoms with E-state index in [1.54, 1.807) is 0 Å². The van der Waals surface area contributed by atoms with Crippen LogP contribution in [0, 0.1) is 0 Å². The summed E-state index contributed by atoms with van der Waals surface area (Å²) in [6.45, 7) is 0. The summed E-state index contributed by atoms with van der Waals surface area (Å²) in [6.07, 6.45) is 0. The molecule has 0 saturated heterocycles. The monoisotopic (exact) mass is 689 g/mol. The standard InChI is InChI=1S/C52H35NO/c1-2-15-38(16-3-1)44-20-6-7-21-45(44)46-22-8-10-24-48(46)53(49-25-13-27-51-52(49)47-23-9-11-26-50(47)54-51)43-32-30-37(31-33-43)40-18-12-19-41(34-40)42-29-28-36-14-4-5-17-39(36)35-42/h1-35H. The highest BCUT2D eigenvalue weighted by atomic mass is 16.3. The molecule has 0 radical (unpaired) electrons. The van der Waals surface area contributed by atoms with Crippen LogP contribution in [0.5, 0.6) is 0 Å². The molecule has 0 fully saturated rings. The van der Waals surface area contributed by atoms with Crippen molar-refractivity contribution in [2.75, 3.05) is 4.90 Å². The van der Waals surface area contributed by atoms with Gasteiger partial charge < -0.3 is 9.32 Å². The number of fused-ring (bicyclic) bond motifs is 4. The van der Waals surface area contributed by atoms with Crippen LogP contribution in [0.15, 0.2) is 217 Å². The lowest BCUT2D eigenvalue weighted by Gasteiger charge is -2.29. The van der Waals surface area contributed by atoms with E-state index >= 15 is 0 Å². The van der Waals surface area contributed by atoms with Crippen LogP contribution in [0.1, 0.15) is 0 Å². The van der Waals surface area contributed by atoms with Gasteiger partial charge in [0, 0.05) is 16.6 Å². The van der Waals surface area contributed by atoms with Crippen molar-refractivity contribution in [2.45, 2.75) is 0 Å². The summed E-state index contributed by atoms with van der Waals surface area (Å²) >= 11 is 0. The summed E-state index contributed by atoms with van der Waals surface area (Å²) in [5.41, 5.74) is 14.4. The Bertz CT molecular complexity index is 2940. The van der Waals surface area contributed by atoms with E-state index in [2.05, 4.69) is 205 Å². The predicted octanol–water partition coefficient (Wildman–Crippen LogP) is 14.9. The van der Waals surface area contributed by atoms with Gasteiger partial charge in [-0.2, -0.15) is 0 Å². The third kappa shape index (κ3) is 5.62. The first-order chi connectivity index (χ1) is 26.8. The average molecular weight is 690 g/mol. The molecule has 0 aliphatic rings. The van der Waals surface area contributed by atoms with Crippen LogP contribution in [0.2, 0.25) is 0 Å². The van der Waals surface area contributed by atoms with Gasteiger partial charge in [0.2, 0.25) is 0 Å². The highest BCUT2D eigenvalue weighted by Crippen LogP contribution is 2.47. The van der Waals surface area contributed by atoms with Crippen LogP contribution in [0.25, 0.3) is 77.2 Å². The lowest BCUT2D eigenvalue weighted by atomic mass is 9.93. The molecule has 10 rings (SSSR count). The van der Waals surface area contributed by atoms with Crippen LogP contribution in [0.3, 0.4) is 0 Å². The molecule has 0 bridgehead atoms. The SMILES string of the molecule is c1ccc(-c2ccccc2-c2ccccc2N(c2ccc(-c3cccc(-c4ccc5ccccc5c4)c3)cc2)c2cccc3oc4ccccc4c23)cc1. The molecule has 54 heavy (non-hydrogen) atoms. The number of benzene rings is 9. The maximum Gasteiger partial charge on any atom is 0.137 e. The molecule has 0 N–H and O–H groups in total. The maximum atomic E-state index is 6.43. The number of nitrogens with zero attached hydrogens (tertiary/aromatic N) is 1. The molecular formula is C52H35NO. The van der Waals surface area contributed by atoms with Crippen molar-refractivity contribution in [3.8, 4) is 44.5 Å². The molecule has 0 aliphatic heterocycles. The van der Waals surface area contributed by atoms with E-state index in [4.69, 9.17) is 4.42 Å². The van der Waals surface area contributed by atoms with Gasteiger partial charge in [-0.3, -0.25) is 0 Å². The Morgan fingerprint density at radius 2 is 0.889 bits per heavy atom. The van der Waals surface area contributed by atoms with Crippen molar-refractivity contribution in [3.05, 3.63) is 212 Å². The van der Waals surface area contributed by atoms with Crippen molar-refractivity contribution in [1.29, 1.82) is 0 Å². The van der Waals surface area contributed by atoms with E-state index in [1.165, 1.54) is 44.2 Å². The second-order valence-electron chi connectivity index (χ2n) is 13.7. The van der Waals surface area contributed by atoms with Gasteiger partial charge in [-0.15, -0.1) is 0 Å². The van der Waals surface area contributed by atoms with E-state index in [0.717, 1.165) is 50.1 Å². The second kappa shape index (κ2) is 13.4. The molecule has 9 aromatic carbocycles. The fourth-order valence-corrected chi connectivity index (χ4v) is 7.88. The molecule has 10 aromatic rings. The number of furan rings is 1. The summed E-state index contributed by atoms with van der Waals surface area (Å²) in [6, 6.07) is 75.9. The zero-order valence-corrected chi connectivity index (χ0v) is 29.6. The van der Waals surface area contributed by atoms with Crippen LogP contribution >= 0.6 is 0 Å². The highest BCUT2D eigenvalue weighted by Gasteiger charge is 2.23. The predicted molar refractivity (Wildman–Crippen MR) is 228 cm³/mol. The molecule has 1 heterocycles. The van der Waals surface area contributed by atoms with Crippen LogP contribution in [-0.4, -0.2) is 0 Å². The fraction of sp³-hybridized carbons (Fsp3) is 0. The van der Waals surface area contributed by atoms with E-state index in [0.29, 0.717) is 0 Å². The zero-order chi connectivity index (χ0) is 35.8. The molecule has 2 heteroatoms. The first kappa shape index (κ1) is 31.6. The van der Waals surface area contributed by atoms with Crippen molar-refractivity contribution >= 4 is 49.8 Å². The van der Waals surface area contributed by atoms with E-state index < -0.39 is 0 Å². The van der Waals surface area contributed by atoms with Crippen LogP contribution < -0.4 is 4.90 Å². The molecule has 0 unspecified atom stereocenters. The molecule has 0 atom stereocenters. The van der Waals surface area contributed by atoms with E-state index in [1.807, 2.05) is 12.1 Å². The van der Waals surface area contributed by atoms with Crippen molar-refractivity contribution < 1.29 is 4.42 Å². The molecule has 0 spiro atoms. The quantitative estimate of drug-likeness (QED) is 0.166. The minimum atomic E-state index is 0.864. The summed E-state index contributed by atoms with van der Waals surface area (Å²) in [7, 11) is 0. The first-order valence-corrected chi connectivity index (χ1v) is 18.4. The third-order valence-electron chi connectivity index (χ3n) is 10.5. The third-order valence-corrected chi connectivity index (χ3v) is 10.5. The van der Waals surface area contributed by atoms with Gasteiger partial charge in [-0.1, -0.05) is 164 Å². The summed E-state index contributed by atoms with van der Waals surface area (Å²) in [4.78, 5) is 2.40. The van der Waals surface area contributed by atoms with Gasteiger partial charge in [-0.05, 0) is 98.2 Å². The lowest BCUT2D eigenvalue weighted by molar-refractivity contribution is 0.669. The Morgan fingerprint density at radius 1 is 0.315 bits per heavy atom. The minimum Gasteiger partial charge on any atom is -0.456 e. The smallest absolute Gasteiger partial charge is 0.137 e. The van der Waals surface area contributed by atoms with E-state index in [9.17, 15) is 0 Å². The Balaban J connectivity index is 1.13. The normalized spacial score (nSPS) is 11.3. The van der Waals surface area contributed by atoms with Gasteiger partial charge in [0.25, 0.3) is 0 Å². The molecule has 1 aromatic heterocycles. The molecule has 0 aliphatic carbocycles. The molecular weight excluding hydrogens is 655 g/mol. The first-order valence-electron chi connectivity index (χ1n) is 18.4. The van der Waals surface area contributed by atoms with Crippen LogP contribution in [-0.2, 0) is 0 Å². The highest BCUT2D eigenvalue weighted by molar-refractivity contribution is 6.14. The van der Waals surface area contributed by atoms with Gasteiger partial charge in [-0.25, -0.2) is 0 Å². The fourth-order valence-electron chi connectivity index (χ4n) is 7.88. The van der Waals surface area contributed by atoms with Crippen LogP contribution in [0.4, 0.5) is 17.1 Å². The Hall–Kier alpha value is -7.16. The minimum absolute atomic E-state index is 0.864. The summed E-state index contributed by atoms with van der Waals surface area (Å²) in [5, 5.41) is 4.68. The number of rotatable bonds is 7. The summed E-state index contributed by atoms with van der Waals surface area (Å²) in [5.74, 6) is 0. The summed E-state index contributed by atoms with van der Waals surface area (Å²) < 4.78 is 6.43. The molecule has 2 nitrogen and oxygen atoms in total. The Labute approximate surface area is 314 Å². The topological polar surface area (TPSA) is 16.4 Å². The Kier molecular flexibility index (Phi) is 7.85. The number of hydrogen-bond acceptors (Lipinski definition) is 2. The second-order valence-corrected chi connectivity index (χ2v) is 13.7. The largest absolute Gasteiger partial charge is 0.456 e. The molecule has 0 saturated carbocycles.